The highest BCUT2D eigenvalue weighted by Crippen LogP contribution is 2.58. The molecule has 120 valence electrons. The number of rotatable bonds is 4. The topological polar surface area (TPSA) is 0 Å². The number of hydrogen-bond acceptors (Lipinski definition) is 0. The van der Waals surface area contributed by atoms with Gasteiger partial charge in [0.1, 0.15) is 0 Å². The van der Waals surface area contributed by atoms with E-state index in [4.69, 9.17) is 0 Å². The van der Waals surface area contributed by atoms with Gasteiger partial charge in [-0.3, -0.25) is 0 Å². The van der Waals surface area contributed by atoms with Crippen LogP contribution in [0.1, 0.15) is 77.0 Å². The van der Waals surface area contributed by atoms with E-state index in [2.05, 4.69) is 30.3 Å². The molecule has 0 amide bonds. The Bertz CT molecular complexity index is 421. The first-order valence-corrected chi connectivity index (χ1v) is 12.2. The van der Waals surface area contributed by atoms with Crippen molar-refractivity contribution in [1.29, 1.82) is 0 Å². The molecule has 0 aromatic heterocycles. The second-order valence-corrected chi connectivity index (χ2v) is 13.1. The van der Waals surface area contributed by atoms with Crippen LogP contribution in [0.15, 0.2) is 30.3 Å². The summed E-state index contributed by atoms with van der Waals surface area (Å²) in [6, 6.07) is 12.0. The van der Waals surface area contributed by atoms with Crippen molar-refractivity contribution in [3.05, 3.63) is 30.3 Å². The van der Waals surface area contributed by atoms with E-state index in [1.165, 1.54) is 38.5 Å². The maximum absolute atomic E-state index is 2.56. The molecule has 0 bridgehead atoms. The fourth-order valence-corrected chi connectivity index (χ4v) is 14.9. The van der Waals surface area contributed by atoms with Crippen LogP contribution in [0.25, 0.3) is 0 Å². The quantitative estimate of drug-likeness (QED) is 0.583. The molecule has 4 rings (SSSR count). The van der Waals surface area contributed by atoms with Crippen LogP contribution in [0.5, 0.6) is 0 Å². The Labute approximate surface area is 137 Å². The molecule has 0 atom stereocenters. The van der Waals surface area contributed by atoms with Crippen LogP contribution in [0.2, 0.25) is 16.6 Å². The van der Waals surface area contributed by atoms with Gasteiger partial charge in [0.25, 0.3) is 0 Å². The standard InChI is InChI=1S/C21H32Si/c1-2-10-18(11-3-1)22(19-12-4-5-13-19,20-14-6-7-15-20)21-16-8-9-17-21/h1-3,10-11,19-21H,4-9,12-17H2. The van der Waals surface area contributed by atoms with Gasteiger partial charge in [0.2, 0.25) is 0 Å². The Morgan fingerprint density at radius 3 is 1.27 bits per heavy atom. The van der Waals surface area contributed by atoms with Gasteiger partial charge in [0.15, 0.2) is 0 Å². The predicted octanol–water partition coefficient (Wildman–Crippen LogP) is 6.18. The van der Waals surface area contributed by atoms with Crippen LogP contribution >= 0.6 is 0 Å². The highest BCUT2D eigenvalue weighted by atomic mass is 28.3. The van der Waals surface area contributed by atoms with Gasteiger partial charge in [-0.25, -0.2) is 0 Å². The van der Waals surface area contributed by atoms with E-state index >= 15 is 0 Å². The molecule has 0 unspecified atom stereocenters. The molecule has 3 fully saturated rings. The lowest BCUT2D eigenvalue weighted by Gasteiger charge is -2.47. The van der Waals surface area contributed by atoms with Crippen LogP contribution < -0.4 is 5.19 Å². The average Bonchev–Trinajstić information content (AvgIpc) is 3.34. The van der Waals surface area contributed by atoms with Gasteiger partial charge >= 0.3 is 0 Å². The second kappa shape index (κ2) is 6.51. The molecule has 0 nitrogen and oxygen atoms in total. The molecule has 3 aliphatic rings. The number of benzene rings is 1. The minimum atomic E-state index is -1.37. The molecule has 0 saturated heterocycles. The van der Waals surface area contributed by atoms with Crippen molar-refractivity contribution in [3.8, 4) is 0 Å². The van der Waals surface area contributed by atoms with Crippen molar-refractivity contribution in [3.63, 3.8) is 0 Å². The summed E-state index contributed by atoms with van der Waals surface area (Å²) in [4.78, 5) is 0. The van der Waals surface area contributed by atoms with Gasteiger partial charge in [-0.2, -0.15) is 0 Å². The van der Waals surface area contributed by atoms with E-state index in [1.807, 2.05) is 5.19 Å². The van der Waals surface area contributed by atoms with Crippen molar-refractivity contribution in [2.75, 3.05) is 0 Å². The van der Waals surface area contributed by atoms with E-state index in [0.717, 1.165) is 16.6 Å². The molecule has 1 heteroatoms. The molecule has 22 heavy (non-hydrogen) atoms. The van der Waals surface area contributed by atoms with Gasteiger partial charge in [0.05, 0.1) is 8.07 Å². The van der Waals surface area contributed by atoms with E-state index in [1.54, 1.807) is 38.5 Å². The molecule has 0 heterocycles. The third kappa shape index (κ3) is 2.40. The summed E-state index contributed by atoms with van der Waals surface area (Å²) < 4.78 is 0. The molecular formula is C21H32Si. The smallest absolute Gasteiger partial charge is 0.0630 e. The van der Waals surface area contributed by atoms with Crippen LogP contribution in [-0.4, -0.2) is 8.07 Å². The summed E-state index contributed by atoms with van der Waals surface area (Å²) in [5.74, 6) is 0. The van der Waals surface area contributed by atoms with E-state index in [-0.39, 0.29) is 0 Å². The first-order valence-electron chi connectivity index (χ1n) is 9.98. The molecule has 1 aromatic carbocycles. The first kappa shape index (κ1) is 15.0. The molecule has 3 saturated carbocycles. The summed E-state index contributed by atoms with van der Waals surface area (Å²) in [5, 5.41) is 1.86. The van der Waals surface area contributed by atoms with Gasteiger partial charge in [-0.15, -0.1) is 0 Å². The molecule has 3 aliphatic carbocycles. The first-order chi connectivity index (χ1) is 10.9. The normalized spacial score (nSPS) is 25.3. The van der Waals surface area contributed by atoms with Crippen molar-refractivity contribution < 1.29 is 0 Å². The lowest BCUT2D eigenvalue weighted by Crippen LogP contribution is -2.57. The maximum Gasteiger partial charge on any atom is 0.0958 e. The van der Waals surface area contributed by atoms with Crippen molar-refractivity contribution >= 4 is 13.3 Å². The minimum absolute atomic E-state index is 1.11. The minimum Gasteiger partial charge on any atom is -0.0630 e. The summed E-state index contributed by atoms with van der Waals surface area (Å²) in [6.45, 7) is 0. The zero-order valence-electron chi connectivity index (χ0n) is 14.1. The van der Waals surface area contributed by atoms with E-state index in [9.17, 15) is 0 Å². The zero-order valence-corrected chi connectivity index (χ0v) is 15.1. The SMILES string of the molecule is c1ccc([Si](C2CCCC2)(C2CCCC2)C2CCCC2)cc1. The fraction of sp³-hybridized carbons (Fsp3) is 0.714. The van der Waals surface area contributed by atoms with Crippen LogP contribution in [0, 0.1) is 0 Å². The van der Waals surface area contributed by atoms with Crippen molar-refractivity contribution in [2.45, 2.75) is 93.7 Å². The lowest BCUT2D eigenvalue weighted by atomic mass is 10.3. The zero-order chi connectivity index (χ0) is 14.8. The second-order valence-electron chi connectivity index (χ2n) is 8.24. The number of hydrogen-bond donors (Lipinski definition) is 0. The van der Waals surface area contributed by atoms with E-state index < -0.39 is 8.07 Å². The highest BCUT2D eigenvalue weighted by molar-refractivity contribution is 6.95. The van der Waals surface area contributed by atoms with Gasteiger partial charge in [0, 0.05) is 0 Å². The molecule has 1 aromatic rings. The Hall–Kier alpha value is -0.563. The predicted molar refractivity (Wildman–Crippen MR) is 98.5 cm³/mol. The molecule has 0 radical (unpaired) electrons. The Morgan fingerprint density at radius 2 is 0.909 bits per heavy atom. The maximum atomic E-state index is 2.56. The Morgan fingerprint density at radius 1 is 0.545 bits per heavy atom. The van der Waals surface area contributed by atoms with Crippen LogP contribution in [0.3, 0.4) is 0 Å². The third-order valence-electron chi connectivity index (χ3n) is 7.37. The average molecular weight is 313 g/mol. The summed E-state index contributed by atoms with van der Waals surface area (Å²) in [7, 11) is -1.37. The van der Waals surface area contributed by atoms with Gasteiger partial charge in [-0.05, 0) is 16.6 Å². The molecule has 0 aliphatic heterocycles. The summed E-state index contributed by atoms with van der Waals surface area (Å²) in [6.07, 6.45) is 18.5. The van der Waals surface area contributed by atoms with Gasteiger partial charge < -0.3 is 0 Å². The largest absolute Gasteiger partial charge is 0.0958 e. The molecule has 0 spiro atoms. The Kier molecular flexibility index (Phi) is 4.44. The van der Waals surface area contributed by atoms with Crippen LogP contribution in [0.4, 0.5) is 0 Å². The summed E-state index contributed by atoms with van der Waals surface area (Å²) >= 11 is 0. The van der Waals surface area contributed by atoms with Crippen molar-refractivity contribution in [2.24, 2.45) is 0 Å². The summed E-state index contributed by atoms with van der Waals surface area (Å²) in [5.41, 5.74) is 3.34. The molecular weight excluding hydrogens is 280 g/mol. The highest BCUT2D eigenvalue weighted by Gasteiger charge is 2.54. The van der Waals surface area contributed by atoms with Crippen LogP contribution in [-0.2, 0) is 0 Å². The third-order valence-corrected chi connectivity index (χ3v) is 14.5. The molecule has 0 N–H and O–H groups in total. The fourth-order valence-electron chi connectivity index (χ4n) is 6.64. The van der Waals surface area contributed by atoms with Crippen molar-refractivity contribution in [1.82, 2.24) is 0 Å². The lowest BCUT2D eigenvalue weighted by molar-refractivity contribution is 0.688. The van der Waals surface area contributed by atoms with Gasteiger partial charge in [-0.1, -0.05) is 113 Å². The Balaban J connectivity index is 1.82. The monoisotopic (exact) mass is 312 g/mol. The van der Waals surface area contributed by atoms with E-state index in [0.29, 0.717) is 0 Å².